The number of carbonyl (C=O) groups is 1. The molecule has 1 unspecified atom stereocenters. The molecule has 1 N–H and O–H groups in total. The molecule has 1 amide bonds. The lowest BCUT2D eigenvalue weighted by molar-refractivity contribution is -0.116. The van der Waals surface area contributed by atoms with Gasteiger partial charge >= 0.3 is 0 Å². The summed E-state index contributed by atoms with van der Waals surface area (Å²) in [6, 6.07) is 10.3. The van der Waals surface area contributed by atoms with E-state index in [4.69, 9.17) is 0 Å². The van der Waals surface area contributed by atoms with Crippen molar-refractivity contribution in [3.63, 3.8) is 0 Å². The second-order valence-corrected chi connectivity index (χ2v) is 8.22. The first-order chi connectivity index (χ1) is 11.1. The van der Waals surface area contributed by atoms with E-state index in [1.807, 2.05) is 18.2 Å². The SMILES string of the molecule is Cc1sc2c(c1C)CSC(C(=O)NCC(C)c1ccccc1)=C2. The average Bonchev–Trinajstić information content (AvgIpc) is 2.87. The van der Waals surface area contributed by atoms with Gasteiger partial charge in [0.15, 0.2) is 0 Å². The van der Waals surface area contributed by atoms with Crippen molar-refractivity contribution in [1.82, 2.24) is 5.32 Å². The van der Waals surface area contributed by atoms with E-state index in [0.717, 1.165) is 10.7 Å². The molecular formula is C19H21NOS2. The predicted octanol–water partition coefficient (Wildman–Crippen LogP) is 4.87. The van der Waals surface area contributed by atoms with E-state index in [-0.39, 0.29) is 5.91 Å². The number of fused-ring (bicyclic) bond motifs is 1. The van der Waals surface area contributed by atoms with Crippen LogP contribution in [-0.4, -0.2) is 12.5 Å². The second kappa shape index (κ2) is 6.93. The van der Waals surface area contributed by atoms with Gasteiger partial charge in [-0.1, -0.05) is 37.3 Å². The number of thioether (sulfide) groups is 1. The molecule has 2 heterocycles. The van der Waals surface area contributed by atoms with E-state index < -0.39 is 0 Å². The topological polar surface area (TPSA) is 29.1 Å². The summed E-state index contributed by atoms with van der Waals surface area (Å²) in [5.74, 6) is 1.27. The third-order valence-electron chi connectivity index (χ3n) is 4.34. The van der Waals surface area contributed by atoms with Crippen LogP contribution in [0.2, 0.25) is 0 Å². The zero-order chi connectivity index (χ0) is 16.4. The molecule has 0 radical (unpaired) electrons. The van der Waals surface area contributed by atoms with Crippen molar-refractivity contribution in [2.45, 2.75) is 32.4 Å². The highest BCUT2D eigenvalue weighted by molar-refractivity contribution is 8.03. The van der Waals surface area contributed by atoms with Crippen molar-refractivity contribution in [3.05, 3.63) is 61.7 Å². The fourth-order valence-corrected chi connectivity index (χ4v) is 5.04. The van der Waals surface area contributed by atoms with Crippen LogP contribution < -0.4 is 5.32 Å². The van der Waals surface area contributed by atoms with Crippen molar-refractivity contribution >= 4 is 35.1 Å². The van der Waals surface area contributed by atoms with Crippen LogP contribution in [0.3, 0.4) is 0 Å². The van der Waals surface area contributed by atoms with Gasteiger partial charge in [0.1, 0.15) is 0 Å². The molecule has 0 saturated heterocycles. The highest BCUT2D eigenvalue weighted by Gasteiger charge is 2.21. The number of thiophene rings is 1. The van der Waals surface area contributed by atoms with Gasteiger partial charge in [-0.25, -0.2) is 0 Å². The molecule has 0 fully saturated rings. The number of benzene rings is 1. The van der Waals surface area contributed by atoms with Crippen molar-refractivity contribution in [2.24, 2.45) is 0 Å². The van der Waals surface area contributed by atoms with E-state index in [2.05, 4.69) is 44.3 Å². The van der Waals surface area contributed by atoms with Gasteiger partial charge in [0.2, 0.25) is 0 Å². The van der Waals surface area contributed by atoms with Crippen molar-refractivity contribution < 1.29 is 4.79 Å². The predicted molar refractivity (Wildman–Crippen MR) is 101 cm³/mol. The maximum atomic E-state index is 12.4. The number of rotatable bonds is 4. The summed E-state index contributed by atoms with van der Waals surface area (Å²) in [5.41, 5.74) is 4.03. The smallest absolute Gasteiger partial charge is 0.257 e. The van der Waals surface area contributed by atoms with Gasteiger partial charge in [-0.05, 0) is 42.5 Å². The Kier molecular flexibility index (Phi) is 4.93. The molecule has 1 aromatic carbocycles. The molecule has 1 aliphatic heterocycles. The third-order valence-corrected chi connectivity index (χ3v) is 6.58. The second-order valence-electron chi connectivity index (χ2n) is 5.95. The van der Waals surface area contributed by atoms with Gasteiger partial charge in [-0.3, -0.25) is 4.79 Å². The van der Waals surface area contributed by atoms with Gasteiger partial charge in [-0.2, -0.15) is 0 Å². The zero-order valence-electron chi connectivity index (χ0n) is 13.7. The van der Waals surface area contributed by atoms with Gasteiger partial charge in [0, 0.05) is 22.1 Å². The van der Waals surface area contributed by atoms with E-state index >= 15 is 0 Å². The number of hydrogen-bond donors (Lipinski definition) is 1. The Morgan fingerprint density at radius 2 is 2.00 bits per heavy atom. The normalized spacial score (nSPS) is 14.8. The monoisotopic (exact) mass is 343 g/mol. The van der Waals surface area contributed by atoms with Crippen molar-refractivity contribution in [3.8, 4) is 0 Å². The third kappa shape index (κ3) is 3.54. The molecule has 0 aliphatic carbocycles. The van der Waals surface area contributed by atoms with Crippen LogP contribution in [0.1, 0.15) is 39.3 Å². The minimum atomic E-state index is 0.0483. The maximum Gasteiger partial charge on any atom is 0.257 e. The standard InChI is InChI=1S/C19H21NOS2/c1-12(15-7-5-4-6-8-15)10-20-19(21)18-9-17-16(11-22-18)13(2)14(3)23-17/h4-9,12H,10-11H2,1-3H3,(H,20,21). The summed E-state index contributed by atoms with van der Waals surface area (Å²) >= 11 is 3.43. The zero-order valence-corrected chi connectivity index (χ0v) is 15.3. The molecule has 4 heteroatoms. The first-order valence-corrected chi connectivity index (χ1v) is 9.63. The molecule has 0 saturated carbocycles. The molecule has 120 valence electrons. The minimum Gasteiger partial charge on any atom is -0.351 e. The number of nitrogens with one attached hydrogen (secondary N) is 1. The Hall–Kier alpha value is -1.52. The molecule has 1 aromatic heterocycles. The van der Waals surface area contributed by atoms with Crippen LogP contribution in [-0.2, 0) is 10.5 Å². The van der Waals surface area contributed by atoms with Gasteiger partial charge < -0.3 is 5.32 Å². The van der Waals surface area contributed by atoms with E-state index in [1.165, 1.54) is 26.4 Å². The lowest BCUT2D eigenvalue weighted by atomic mass is 10.0. The molecule has 0 spiro atoms. The van der Waals surface area contributed by atoms with Crippen molar-refractivity contribution in [2.75, 3.05) is 6.54 Å². The Labute approximate surface area is 146 Å². The van der Waals surface area contributed by atoms with Gasteiger partial charge in [0.05, 0.1) is 4.91 Å². The molecule has 1 aliphatic rings. The minimum absolute atomic E-state index is 0.0483. The fraction of sp³-hybridized carbons (Fsp3) is 0.316. The summed E-state index contributed by atoms with van der Waals surface area (Å²) in [4.78, 5) is 15.9. The fourth-order valence-electron chi connectivity index (χ4n) is 2.67. The Bertz CT molecular complexity index is 746. The Balaban J connectivity index is 1.65. The lowest BCUT2D eigenvalue weighted by Gasteiger charge is -2.16. The number of aryl methyl sites for hydroxylation is 1. The summed E-state index contributed by atoms with van der Waals surface area (Å²) < 4.78 is 0. The van der Waals surface area contributed by atoms with Crippen molar-refractivity contribution in [1.29, 1.82) is 0 Å². The highest BCUT2D eigenvalue weighted by Crippen LogP contribution is 2.39. The Morgan fingerprint density at radius 3 is 2.74 bits per heavy atom. The maximum absolute atomic E-state index is 12.4. The van der Waals surface area contributed by atoms with Crippen LogP contribution in [0.25, 0.3) is 6.08 Å². The van der Waals surface area contributed by atoms with Crippen LogP contribution in [0.5, 0.6) is 0 Å². The number of carbonyl (C=O) groups excluding carboxylic acids is 1. The first-order valence-electron chi connectivity index (χ1n) is 7.82. The molecule has 2 nitrogen and oxygen atoms in total. The average molecular weight is 344 g/mol. The number of amides is 1. The summed E-state index contributed by atoms with van der Waals surface area (Å²) in [6.45, 7) is 7.13. The molecule has 23 heavy (non-hydrogen) atoms. The van der Waals surface area contributed by atoms with Crippen LogP contribution >= 0.6 is 23.1 Å². The Morgan fingerprint density at radius 1 is 1.26 bits per heavy atom. The largest absolute Gasteiger partial charge is 0.351 e. The molecular weight excluding hydrogens is 322 g/mol. The lowest BCUT2D eigenvalue weighted by Crippen LogP contribution is -2.28. The van der Waals surface area contributed by atoms with E-state index in [1.54, 1.807) is 23.1 Å². The summed E-state index contributed by atoms with van der Waals surface area (Å²) in [6.07, 6.45) is 2.05. The van der Waals surface area contributed by atoms with Crippen LogP contribution in [0.4, 0.5) is 0 Å². The van der Waals surface area contributed by atoms with Crippen LogP contribution in [0.15, 0.2) is 35.2 Å². The summed E-state index contributed by atoms with van der Waals surface area (Å²) in [7, 11) is 0. The summed E-state index contributed by atoms with van der Waals surface area (Å²) in [5, 5.41) is 3.08. The molecule has 3 rings (SSSR count). The molecule has 0 bridgehead atoms. The van der Waals surface area contributed by atoms with Gasteiger partial charge in [-0.15, -0.1) is 23.1 Å². The quantitative estimate of drug-likeness (QED) is 0.858. The van der Waals surface area contributed by atoms with E-state index in [0.29, 0.717) is 12.5 Å². The highest BCUT2D eigenvalue weighted by atomic mass is 32.2. The van der Waals surface area contributed by atoms with Crippen LogP contribution in [0, 0.1) is 13.8 Å². The van der Waals surface area contributed by atoms with Gasteiger partial charge in [0.25, 0.3) is 5.91 Å². The van der Waals surface area contributed by atoms with E-state index in [9.17, 15) is 4.79 Å². The first kappa shape index (κ1) is 16.3. The molecule has 1 atom stereocenters. The molecule has 2 aromatic rings. The number of hydrogen-bond acceptors (Lipinski definition) is 3.